The first-order valence-corrected chi connectivity index (χ1v) is 11.1. The molecule has 0 spiro atoms. The molecule has 146 valence electrons. The van der Waals surface area contributed by atoms with E-state index in [9.17, 15) is 18.5 Å². The van der Waals surface area contributed by atoms with Crippen LogP contribution in [0.15, 0.2) is 74.7 Å². The summed E-state index contributed by atoms with van der Waals surface area (Å²) in [6.07, 6.45) is 8.26. The third-order valence-corrected chi connectivity index (χ3v) is 6.47. The van der Waals surface area contributed by atoms with E-state index in [1.165, 1.54) is 12.1 Å². The van der Waals surface area contributed by atoms with Crippen LogP contribution in [0.4, 0.5) is 0 Å². The lowest BCUT2D eigenvalue weighted by atomic mass is 10.1. The maximum absolute atomic E-state index is 13.1. The molecule has 1 aliphatic heterocycles. The van der Waals surface area contributed by atoms with E-state index >= 15 is 0 Å². The Balaban J connectivity index is 2.76. The monoisotopic (exact) mass is 416 g/mol. The molecule has 8 heteroatoms. The second-order valence-corrected chi connectivity index (χ2v) is 8.37. The van der Waals surface area contributed by atoms with Crippen LogP contribution >= 0.6 is 11.8 Å². The van der Waals surface area contributed by atoms with E-state index < -0.39 is 20.7 Å². The molecule has 0 unspecified atom stereocenters. The summed E-state index contributed by atoms with van der Waals surface area (Å²) in [6.45, 7) is 3.60. The molecule has 1 N–H and O–H groups in total. The largest absolute Gasteiger partial charge is 0.462 e. The number of carbonyl (C=O) groups excluding carboxylic acids is 1. The minimum Gasteiger partial charge on any atom is -0.462 e. The van der Waals surface area contributed by atoms with E-state index in [4.69, 9.17) is 4.74 Å². The number of hydrogen-bond acceptors (Lipinski definition) is 7. The van der Waals surface area contributed by atoms with E-state index in [1.54, 1.807) is 55.8 Å². The number of esters is 1. The lowest BCUT2D eigenvalue weighted by molar-refractivity contribution is -0.138. The van der Waals surface area contributed by atoms with Gasteiger partial charge in [0.1, 0.15) is 6.07 Å². The van der Waals surface area contributed by atoms with Gasteiger partial charge in [0.15, 0.2) is 4.91 Å². The fraction of sp³-hybridized carbons (Fsp3) is 0.200. The van der Waals surface area contributed by atoms with E-state index in [2.05, 4.69) is 5.32 Å². The highest BCUT2D eigenvalue weighted by molar-refractivity contribution is 8.04. The standard InChI is InChI=1S/C20H20N2O4S2/c1-4-26-20(23)18(16-7-5-6-12-22-16)19(27-3)17(13-21)28(24,25)15-10-8-14(2)9-11-15/h5-12,22H,4H2,1-3H3/b18-16-,19-17-. The van der Waals surface area contributed by atoms with E-state index in [0.29, 0.717) is 5.70 Å². The Bertz CT molecular complexity index is 1020. The van der Waals surface area contributed by atoms with Crippen LogP contribution in [0.3, 0.4) is 0 Å². The predicted octanol–water partition coefficient (Wildman–Crippen LogP) is 3.36. The van der Waals surface area contributed by atoms with Gasteiger partial charge in [-0.2, -0.15) is 5.26 Å². The van der Waals surface area contributed by atoms with Crippen molar-refractivity contribution in [3.63, 3.8) is 0 Å². The minimum atomic E-state index is -4.13. The van der Waals surface area contributed by atoms with Gasteiger partial charge >= 0.3 is 5.97 Å². The number of thioether (sulfide) groups is 1. The molecule has 28 heavy (non-hydrogen) atoms. The zero-order valence-electron chi connectivity index (χ0n) is 15.7. The molecule has 1 aromatic rings. The molecule has 0 bridgehead atoms. The summed E-state index contributed by atoms with van der Waals surface area (Å²) < 4.78 is 31.4. The molecule has 0 fully saturated rings. The number of rotatable bonds is 6. The number of nitrogens with zero attached hydrogens (tertiary/aromatic N) is 1. The first-order valence-electron chi connectivity index (χ1n) is 8.38. The van der Waals surface area contributed by atoms with Gasteiger partial charge in [-0.25, -0.2) is 13.2 Å². The van der Waals surface area contributed by atoms with Gasteiger partial charge in [0.25, 0.3) is 0 Å². The summed E-state index contributed by atoms with van der Waals surface area (Å²) in [5.74, 6) is -0.707. The normalized spacial score (nSPS) is 15.9. The summed E-state index contributed by atoms with van der Waals surface area (Å²) in [7, 11) is -4.13. The Labute approximate surface area is 169 Å². The maximum Gasteiger partial charge on any atom is 0.341 e. The number of hydrogen-bond donors (Lipinski definition) is 1. The van der Waals surface area contributed by atoms with Gasteiger partial charge in [0.2, 0.25) is 9.84 Å². The number of carbonyl (C=O) groups is 1. The number of nitrogens with one attached hydrogen (secondary N) is 1. The third kappa shape index (κ3) is 4.55. The zero-order chi connectivity index (χ0) is 20.7. The summed E-state index contributed by atoms with van der Waals surface area (Å²) in [4.78, 5) is 12.2. The van der Waals surface area contributed by atoms with Crippen LogP contribution < -0.4 is 5.32 Å². The molecular formula is C20H20N2O4S2. The summed E-state index contributed by atoms with van der Waals surface area (Å²) >= 11 is 1.00. The third-order valence-electron chi connectivity index (χ3n) is 3.80. The zero-order valence-corrected chi connectivity index (χ0v) is 17.4. The number of benzene rings is 1. The quantitative estimate of drug-likeness (QED) is 0.431. The second kappa shape index (κ2) is 9.44. The van der Waals surface area contributed by atoms with E-state index in [0.717, 1.165) is 17.3 Å². The smallest absolute Gasteiger partial charge is 0.341 e. The van der Waals surface area contributed by atoms with Crippen LogP contribution in [0.1, 0.15) is 12.5 Å². The molecule has 0 saturated carbocycles. The highest BCUT2D eigenvalue weighted by Gasteiger charge is 2.30. The van der Waals surface area contributed by atoms with Crippen molar-refractivity contribution in [3.05, 3.63) is 75.3 Å². The fourth-order valence-electron chi connectivity index (χ4n) is 2.45. The predicted molar refractivity (Wildman–Crippen MR) is 110 cm³/mol. The summed E-state index contributed by atoms with van der Waals surface area (Å²) in [6, 6.07) is 7.98. The van der Waals surface area contributed by atoms with E-state index in [1.807, 2.05) is 6.92 Å². The Morgan fingerprint density at radius 2 is 1.93 bits per heavy atom. The molecule has 0 aliphatic carbocycles. The highest BCUT2D eigenvalue weighted by atomic mass is 32.2. The molecule has 0 radical (unpaired) electrons. The van der Waals surface area contributed by atoms with Crippen molar-refractivity contribution in [1.29, 1.82) is 5.26 Å². The molecule has 6 nitrogen and oxygen atoms in total. The van der Waals surface area contributed by atoms with Crippen molar-refractivity contribution in [3.8, 4) is 6.07 Å². The van der Waals surface area contributed by atoms with Gasteiger partial charge in [-0.15, -0.1) is 11.8 Å². The van der Waals surface area contributed by atoms with Gasteiger partial charge in [-0.05, 0) is 44.4 Å². The van der Waals surface area contributed by atoms with Gasteiger partial charge in [-0.3, -0.25) is 0 Å². The number of dihydropyridines is 1. The molecule has 0 atom stereocenters. The number of sulfone groups is 1. The topological polar surface area (TPSA) is 96.3 Å². The first kappa shape index (κ1) is 21.5. The maximum atomic E-state index is 13.1. The van der Waals surface area contributed by atoms with Crippen LogP contribution in [0, 0.1) is 18.3 Å². The lowest BCUT2D eigenvalue weighted by Crippen LogP contribution is -2.19. The van der Waals surface area contributed by atoms with E-state index in [-0.39, 0.29) is 22.0 Å². The number of allylic oxidation sites excluding steroid dienone is 4. The molecule has 1 aliphatic rings. The van der Waals surface area contributed by atoms with Crippen molar-refractivity contribution in [2.24, 2.45) is 0 Å². The molecule has 0 aromatic heterocycles. The van der Waals surface area contributed by atoms with Crippen LogP contribution in [-0.4, -0.2) is 27.2 Å². The number of ether oxygens (including phenoxy) is 1. The van der Waals surface area contributed by atoms with Gasteiger partial charge in [0.05, 0.1) is 27.7 Å². The second-order valence-electron chi connectivity index (χ2n) is 5.66. The molecule has 1 heterocycles. The van der Waals surface area contributed by atoms with Crippen molar-refractivity contribution < 1.29 is 17.9 Å². The van der Waals surface area contributed by atoms with Gasteiger partial charge in [0, 0.05) is 6.20 Å². The van der Waals surface area contributed by atoms with Crippen molar-refractivity contribution >= 4 is 27.6 Å². The average Bonchev–Trinajstić information content (AvgIpc) is 2.68. The Kier molecular flexibility index (Phi) is 7.26. The molecule has 0 saturated heterocycles. The van der Waals surface area contributed by atoms with Crippen LogP contribution in [0.2, 0.25) is 0 Å². The number of nitriles is 1. The molecule has 1 aromatic carbocycles. The minimum absolute atomic E-state index is 0.00202. The first-order chi connectivity index (χ1) is 13.4. The summed E-state index contributed by atoms with van der Waals surface area (Å²) in [5.41, 5.74) is 1.25. The van der Waals surface area contributed by atoms with Gasteiger partial charge < -0.3 is 10.1 Å². The SMILES string of the molecule is CCOC(=O)C(/C(SC)=C(\C#N)S(=O)(=O)c1ccc(C)cc1)=C1/C=CC=CN1. The Hall–Kier alpha value is -2.76. The van der Waals surface area contributed by atoms with Crippen LogP contribution in [0.25, 0.3) is 0 Å². The van der Waals surface area contributed by atoms with Crippen molar-refractivity contribution in [1.82, 2.24) is 5.32 Å². The Morgan fingerprint density at radius 3 is 2.43 bits per heavy atom. The lowest BCUT2D eigenvalue weighted by Gasteiger charge is -2.17. The van der Waals surface area contributed by atoms with Crippen LogP contribution in [-0.2, 0) is 19.4 Å². The summed E-state index contributed by atoms with van der Waals surface area (Å²) in [5, 5.41) is 12.6. The Morgan fingerprint density at radius 1 is 1.25 bits per heavy atom. The molecule has 0 amide bonds. The van der Waals surface area contributed by atoms with Crippen molar-refractivity contribution in [2.75, 3.05) is 12.9 Å². The molecule has 2 rings (SSSR count). The number of aryl methyl sites for hydroxylation is 1. The highest BCUT2D eigenvalue weighted by Crippen LogP contribution is 2.34. The average molecular weight is 417 g/mol. The van der Waals surface area contributed by atoms with Crippen molar-refractivity contribution in [2.45, 2.75) is 18.7 Å². The fourth-order valence-corrected chi connectivity index (χ4v) is 4.86. The molecular weight excluding hydrogens is 396 g/mol. The van der Waals surface area contributed by atoms with Gasteiger partial charge in [-0.1, -0.05) is 23.8 Å². The van der Waals surface area contributed by atoms with Crippen LogP contribution in [0.5, 0.6) is 0 Å².